The van der Waals surface area contributed by atoms with Gasteiger partial charge in [-0.3, -0.25) is 10.3 Å². The number of anilines is 2. The normalized spacial score (nSPS) is 19.3. The van der Waals surface area contributed by atoms with Crippen molar-refractivity contribution in [1.29, 1.82) is 10.7 Å². The topological polar surface area (TPSA) is 54.1 Å². The summed E-state index contributed by atoms with van der Waals surface area (Å²) in [5.41, 5.74) is -1.97. The van der Waals surface area contributed by atoms with Gasteiger partial charge in [0, 0.05) is 11.4 Å². The molecular formula is C19H17F3N4S. The number of alkyl halides is 3. The molecule has 1 atom stereocenters. The monoisotopic (exact) mass is 390 g/mol. The van der Waals surface area contributed by atoms with Crippen molar-refractivity contribution >= 4 is 29.8 Å². The molecule has 1 saturated heterocycles. The van der Waals surface area contributed by atoms with Crippen molar-refractivity contribution in [2.75, 3.05) is 9.80 Å². The van der Waals surface area contributed by atoms with Crippen LogP contribution in [0.5, 0.6) is 0 Å². The number of thiol groups is 1. The Morgan fingerprint density at radius 2 is 1.74 bits per heavy atom. The van der Waals surface area contributed by atoms with Crippen LogP contribution in [0, 0.1) is 16.7 Å². The number of benzene rings is 2. The van der Waals surface area contributed by atoms with Crippen LogP contribution >= 0.6 is 12.6 Å². The fourth-order valence-electron chi connectivity index (χ4n) is 3.25. The summed E-state index contributed by atoms with van der Waals surface area (Å²) in [5.74, 6) is 0.115. The second-order valence-electron chi connectivity index (χ2n) is 6.67. The van der Waals surface area contributed by atoms with Gasteiger partial charge in [0.05, 0.1) is 22.7 Å². The number of nitrogens with one attached hydrogen (secondary N) is 1. The average molecular weight is 390 g/mol. The minimum Gasteiger partial charge on any atom is -0.330 e. The molecule has 0 bridgehead atoms. The number of hydrogen-bond acceptors (Lipinski definition) is 4. The molecule has 140 valence electrons. The minimum atomic E-state index is -4.66. The molecule has 0 saturated carbocycles. The molecule has 0 aliphatic carbocycles. The van der Waals surface area contributed by atoms with E-state index >= 15 is 0 Å². The van der Waals surface area contributed by atoms with E-state index in [4.69, 9.17) is 10.7 Å². The molecule has 27 heavy (non-hydrogen) atoms. The third-order valence-corrected chi connectivity index (χ3v) is 5.09. The molecular weight excluding hydrogens is 373 g/mol. The molecule has 0 amide bonds. The maximum Gasteiger partial charge on any atom is 0.417 e. The van der Waals surface area contributed by atoms with Crippen LogP contribution in [0.4, 0.5) is 24.5 Å². The van der Waals surface area contributed by atoms with E-state index in [1.807, 2.05) is 49.1 Å². The maximum atomic E-state index is 13.3. The van der Waals surface area contributed by atoms with Gasteiger partial charge in [0.1, 0.15) is 5.84 Å². The third-order valence-electron chi connectivity index (χ3n) is 4.63. The second-order valence-corrected chi connectivity index (χ2v) is 7.13. The van der Waals surface area contributed by atoms with Crippen molar-refractivity contribution in [2.24, 2.45) is 0 Å². The Kier molecular flexibility index (Phi) is 4.60. The standard InChI is InChI=1S/C19H17F3N4S/c1-18(2)16(24)25(17(27)26(18)13-6-4-3-5-7-13)14-9-8-12(11-23)15(10-14)19(20,21)22/h3-10,17,24,27H,1-2H3. The Balaban J connectivity index is 2.11. The number of nitrogens with zero attached hydrogens (tertiary/aromatic N) is 3. The predicted molar refractivity (Wildman–Crippen MR) is 102 cm³/mol. The Hall–Kier alpha value is -2.66. The van der Waals surface area contributed by atoms with Crippen LogP contribution in [0.25, 0.3) is 0 Å². The van der Waals surface area contributed by atoms with Gasteiger partial charge in [-0.05, 0) is 44.2 Å². The van der Waals surface area contributed by atoms with Crippen molar-refractivity contribution in [2.45, 2.75) is 31.1 Å². The summed E-state index contributed by atoms with van der Waals surface area (Å²) in [6, 6.07) is 14.3. The summed E-state index contributed by atoms with van der Waals surface area (Å²) < 4.78 is 40.0. The molecule has 0 radical (unpaired) electrons. The molecule has 1 N–H and O–H groups in total. The molecule has 0 spiro atoms. The van der Waals surface area contributed by atoms with Crippen molar-refractivity contribution < 1.29 is 13.2 Å². The second kappa shape index (κ2) is 6.50. The van der Waals surface area contributed by atoms with Crippen molar-refractivity contribution in [3.05, 3.63) is 59.7 Å². The number of rotatable bonds is 2. The summed E-state index contributed by atoms with van der Waals surface area (Å²) in [7, 11) is 0. The summed E-state index contributed by atoms with van der Waals surface area (Å²) in [6.45, 7) is 3.64. The first kappa shape index (κ1) is 19.1. The lowest BCUT2D eigenvalue weighted by atomic mass is 10.0. The van der Waals surface area contributed by atoms with Crippen molar-refractivity contribution in [1.82, 2.24) is 0 Å². The molecule has 1 aliphatic heterocycles. The molecule has 8 heteroatoms. The van der Waals surface area contributed by atoms with Gasteiger partial charge in [0.15, 0.2) is 5.50 Å². The summed E-state index contributed by atoms with van der Waals surface area (Å²) in [6.07, 6.45) is -4.66. The molecule has 0 aromatic heterocycles. The van der Waals surface area contributed by atoms with Gasteiger partial charge in [-0.15, -0.1) is 12.6 Å². The molecule has 1 fully saturated rings. The third kappa shape index (κ3) is 3.12. The van der Waals surface area contributed by atoms with Gasteiger partial charge >= 0.3 is 6.18 Å². The van der Waals surface area contributed by atoms with Gasteiger partial charge in [-0.2, -0.15) is 18.4 Å². The van der Waals surface area contributed by atoms with E-state index in [9.17, 15) is 13.2 Å². The summed E-state index contributed by atoms with van der Waals surface area (Å²) >= 11 is 4.60. The molecule has 2 aromatic carbocycles. The molecule has 1 unspecified atom stereocenters. The highest BCUT2D eigenvalue weighted by Crippen LogP contribution is 2.42. The van der Waals surface area contributed by atoms with Crippen LogP contribution in [-0.4, -0.2) is 16.9 Å². The zero-order valence-corrected chi connectivity index (χ0v) is 15.5. The smallest absolute Gasteiger partial charge is 0.330 e. The fraction of sp³-hybridized carbons (Fsp3) is 0.263. The highest BCUT2D eigenvalue weighted by Gasteiger charge is 2.49. The van der Waals surface area contributed by atoms with Gasteiger partial charge in [0.2, 0.25) is 0 Å². The first-order chi connectivity index (χ1) is 12.6. The quantitative estimate of drug-likeness (QED) is 0.719. The van der Waals surface area contributed by atoms with E-state index in [0.29, 0.717) is 0 Å². The molecule has 1 aliphatic rings. The van der Waals surface area contributed by atoms with E-state index in [-0.39, 0.29) is 11.5 Å². The lowest BCUT2D eigenvalue weighted by molar-refractivity contribution is -0.137. The lowest BCUT2D eigenvalue weighted by Crippen LogP contribution is -2.44. The van der Waals surface area contributed by atoms with Crippen LogP contribution in [0.2, 0.25) is 0 Å². The minimum absolute atomic E-state index is 0.115. The fourth-order valence-corrected chi connectivity index (χ4v) is 3.92. The van der Waals surface area contributed by atoms with Gasteiger partial charge in [-0.25, -0.2) is 0 Å². The van der Waals surface area contributed by atoms with Gasteiger partial charge in [-0.1, -0.05) is 18.2 Å². The van der Waals surface area contributed by atoms with Gasteiger partial charge in [0.25, 0.3) is 0 Å². The van der Waals surface area contributed by atoms with Crippen LogP contribution in [-0.2, 0) is 6.18 Å². The molecule has 4 nitrogen and oxygen atoms in total. The van der Waals surface area contributed by atoms with E-state index in [2.05, 4.69) is 12.6 Å². The SMILES string of the molecule is CC1(C)C(=N)N(c2ccc(C#N)c(C(F)(F)F)c2)C(S)N1c1ccccc1. The van der Waals surface area contributed by atoms with E-state index in [0.717, 1.165) is 17.8 Å². The summed E-state index contributed by atoms with van der Waals surface area (Å²) in [4.78, 5) is 3.30. The number of para-hydroxylation sites is 1. The maximum absolute atomic E-state index is 13.3. The average Bonchev–Trinajstić information content (AvgIpc) is 2.79. The Morgan fingerprint density at radius 1 is 1.11 bits per heavy atom. The van der Waals surface area contributed by atoms with Crippen LogP contribution in [0.3, 0.4) is 0 Å². The van der Waals surface area contributed by atoms with Crippen LogP contribution in [0.15, 0.2) is 48.5 Å². The highest BCUT2D eigenvalue weighted by molar-refractivity contribution is 7.81. The predicted octanol–water partition coefficient (Wildman–Crippen LogP) is 4.87. The Morgan fingerprint density at radius 3 is 2.30 bits per heavy atom. The molecule has 1 heterocycles. The highest BCUT2D eigenvalue weighted by atomic mass is 32.1. The number of hydrogen-bond donors (Lipinski definition) is 2. The number of halogens is 3. The molecule has 3 rings (SSSR count). The largest absolute Gasteiger partial charge is 0.417 e. The molecule has 2 aromatic rings. The van der Waals surface area contributed by atoms with E-state index < -0.39 is 28.3 Å². The van der Waals surface area contributed by atoms with Gasteiger partial charge < -0.3 is 4.90 Å². The van der Waals surface area contributed by atoms with Crippen molar-refractivity contribution in [3.8, 4) is 6.07 Å². The van der Waals surface area contributed by atoms with Crippen molar-refractivity contribution in [3.63, 3.8) is 0 Å². The number of nitriles is 1. The van der Waals surface area contributed by atoms with E-state index in [1.165, 1.54) is 11.0 Å². The summed E-state index contributed by atoms with van der Waals surface area (Å²) in [5, 5.41) is 17.6. The zero-order valence-electron chi connectivity index (χ0n) is 14.6. The van der Waals surface area contributed by atoms with Crippen LogP contribution in [0.1, 0.15) is 25.0 Å². The first-order valence-electron chi connectivity index (χ1n) is 8.11. The number of amidine groups is 1. The Bertz CT molecular complexity index is 919. The van der Waals surface area contributed by atoms with E-state index in [1.54, 1.807) is 6.07 Å². The lowest BCUT2D eigenvalue weighted by Gasteiger charge is -2.34. The Labute approximate surface area is 160 Å². The first-order valence-corrected chi connectivity index (χ1v) is 8.62. The zero-order chi connectivity index (χ0) is 20.0. The van der Waals surface area contributed by atoms with Crippen LogP contribution < -0.4 is 9.80 Å².